The Bertz CT molecular complexity index is 2780. The van der Waals surface area contributed by atoms with E-state index in [0.717, 1.165) is 75.5 Å². The molecular weight excluding hydrogens is 601 g/mol. The molecule has 0 atom stereocenters. The lowest BCUT2D eigenvalue weighted by Crippen LogP contribution is -2.00. The van der Waals surface area contributed by atoms with Crippen molar-refractivity contribution in [2.75, 3.05) is 0 Å². The third-order valence-electron chi connectivity index (χ3n) is 8.59. The first-order chi connectivity index (χ1) is 23.3. The molecule has 0 radical (unpaired) electrons. The number of rotatable bonds is 4. The van der Waals surface area contributed by atoms with E-state index in [4.69, 9.17) is 28.8 Å². The molecule has 6 nitrogen and oxygen atoms in total. The van der Waals surface area contributed by atoms with Crippen LogP contribution in [0.5, 0.6) is 0 Å². The normalized spacial score (nSPS) is 11.8. The van der Waals surface area contributed by atoms with E-state index < -0.39 is 0 Å². The highest BCUT2D eigenvalue weighted by Crippen LogP contribution is 2.44. The van der Waals surface area contributed by atoms with Crippen LogP contribution in [0.25, 0.3) is 98.8 Å². The van der Waals surface area contributed by atoms with Crippen molar-refractivity contribution in [2.45, 2.75) is 0 Å². The highest BCUT2D eigenvalue weighted by molar-refractivity contribution is 7.26. The van der Waals surface area contributed by atoms with E-state index in [2.05, 4.69) is 54.6 Å². The van der Waals surface area contributed by atoms with Gasteiger partial charge in [-0.3, -0.25) is 0 Å². The first kappa shape index (κ1) is 26.1. The first-order valence-electron chi connectivity index (χ1n) is 15.3. The predicted octanol–water partition coefficient (Wildman–Crippen LogP) is 10.9. The second kappa shape index (κ2) is 10.2. The van der Waals surface area contributed by atoms with Crippen LogP contribution in [0.1, 0.15) is 0 Å². The molecule has 7 heteroatoms. The maximum atomic E-state index is 6.22. The number of aromatic nitrogens is 4. The Morgan fingerprint density at radius 2 is 1.04 bits per heavy atom. The van der Waals surface area contributed by atoms with Crippen molar-refractivity contribution in [3.63, 3.8) is 0 Å². The summed E-state index contributed by atoms with van der Waals surface area (Å²) >= 11 is 1.71. The van der Waals surface area contributed by atoms with Crippen molar-refractivity contribution >= 4 is 64.5 Å². The summed E-state index contributed by atoms with van der Waals surface area (Å²) in [4.78, 5) is 19.9. The van der Waals surface area contributed by atoms with Crippen molar-refractivity contribution in [1.82, 2.24) is 19.9 Å². The molecule has 0 aliphatic carbocycles. The van der Waals surface area contributed by atoms with Crippen LogP contribution in [0, 0.1) is 0 Å². The molecule has 0 bridgehead atoms. The molecule has 0 amide bonds. The number of fused-ring (bicyclic) bond motifs is 7. The smallest absolute Gasteiger partial charge is 0.228 e. The Hall–Kier alpha value is -6.18. The van der Waals surface area contributed by atoms with Crippen LogP contribution >= 0.6 is 11.3 Å². The number of furan rings is 1. The fraction of sp³-hybridized carbons (Fsp3) is 0. The molecule has 4 aromatic heterocycles. The van der Waals surface area contributed by atoms with Crippen molar-refractivity contribution in [3.8, 4) is 45.6 Å². The number of thiophene rings is 1. The lowest BCUT2D eigenvalue weighted by atomic mass is 10.1. The van der Waals surface area contributed by atoms with Gasteiger partial charge in [0.1, 0.15) is 16.7 Å². The van der Waals surface area contributed by atoms with Crippen LogP contribution in [-0.4, -0.2) is 19.9 Å². The molecule has 220 valence electrons. The molecule has 4 heterocycles. The number of benzene rings is 6. The third kappa shape index (κ3) is 4.17. The highest BCUT2D eigenvalue weighted by Gasteiger charge is 2.20. The van der Waals surface area contributed by atoms with Gasteiger partial charge in [0.2, 0.25) is 5.89 Å². The predicted molar refractivity (Wildman–Crippen MR) is 189 cm³/mol. The molecule has 6 aromatic carbocycles. The maximum absolute atomic E-state index is 6.22. The summed E-state index contributed by atoms with van der Waals surface area (Å²) in [6.07, 6.45) is 0. The minimum Gasteiger partial charge on any atom is -0.456 e. The largest absolute Gasteiger partial charge is 0.456 e. The van der Waals surface area contributed by atoms with Gasteiger partial charge in [0, 0.05) is 47.6 Å². The van der Waals surface area contributed by atoms with Gasteiger partial charge in [-0.2, -0.15) is 0 Å². The van der Waals surface area contributed by atoms with E-state index in [-0.39, 0.29) is 0 Å². The first-order valence-corrected chi connectivity index (χ1v) is 16.1. The van der Waals surface area contributed by atoms with Crippen LogP contribution in [-0.2, 0) is 0 Å². The number of hydrogen-bond acceptors (Lipinski definition) is 7. The summed E-state index contributed by atoms with van der Waals surface area (Å²) in [5.74, 6) is 2.42. The van der Waals surface area contributed by atoms with Crippen LogP contribution in [0.4, 0.5) is 0 Å². The summed E-state index contributed by atoms with van der Waals surface area (Å²) < 4.78 is 14.6. The Balaban J connectivity index is 1.18. The summed E-state index contributed by atoms with van der Waals surface area (Å²) in [5.41, 5.74) is 6.95. The maximum Gasteiger partial charge on any atom is 0.228 e. The molecule has 0 spiro atoms. The van der Waals surface area contributed by atoms with Crippen LogP contribution in [0.2, 0.25) is 0 Å². The number of para-hydroxylation sites is 3. The van der Waals surface area contributed by atoms with E-state index in [0.29, 0.717) is 23.4 Å². The SMILES string of the molecule is c1ccc(-c2nc(-c3ccc4c(c3)oc3ccccc34)nc(-c3cccc4c3sc3c(-c5nc6ccccc6o5)cccc34)n2)cc1. The second-order valence-corrected chi connectivity index (χ2v) is 12.5. The van der Waals surface area contributed by atoms with E-state index >= 15 is 0 Å². The number of nitrogens with zero attached hydrogens (tertiary/aromatic N) is 4. The quantitative estimate of drug-likeness (QED) is 0.194. The van der Waals surface area contributed by atoms with Crippen LogP contribution in [0.3, 0.4) is 0 Å². The standard InChI is InChI=1S/C40H22N4O2S/c1-2-10-23(11-3-1)37-42-38(24-20-21-26-25-12-4-6-18-32(25)45-34(26)22-24)44-39(43-37)29-15-8-13-27-28-14-9-16-30(36(28)47-35(27)29)40-41-31-17-5-7-19-33(31)46-40/h1-22H. The molecule has 0 unspecified atom stereocenters. The molecule has 0 aliphatic heterocycles. The lowest BCUT2D eigenvalue weighted by Gasteiger charge is -2.09. The fourth-order valence-corrected chi connectivity index (χ4v) is 7.67. The van der Waals surface area contributed by atoms with E-state index in [1.54, 1.807) is 11.3 Å². The zero-order valence-electron chi connectivity index (χ0n) is 24.7. The topological polar surface area (TPSA) is 77.8 Å². The Morgan fingerprint density at radius 3 is 1.87 bits per heavy atom. The van der Waals surface area contributed by atoms with Crippen LogP contribution < -0.4 is 0 Å². The van der Waals surface area contributed by atoms with Gasteiger partial charge in [0.25, 0.3) is 0 Å². The number of hydrogen-bond donors (Lipinski definition) is 0. The van der Waals surface area contributed by atoms with Gasteiger partial charge in [0.15, 0.2) is 23.1 Å². The van der Waals surface area contributed by atoms with Crippen molar-refractivity contribution in [3.05, 3.63) is 133 Å². The molecule has 0 saturated heterocycles. The Kier molecular flexibility index (Phi) is 5.64. The summed E-state index contributed by atoms with van der Waals surface area (Å²) in [5, 5.41) is 4.42. The molecule has 10 aromatic rings. The number of oxazole rings is 1. The van der Waals surface area contributed by atoms with Gasteiger partial charge in [0.05, 0.1) is 5.56 Å². The van der Waals surface area contributed by atoms with Gasteiger partial charge >= 0.3 is 0 Å². The zero-order valence-corrected chi connectivity index (χ0v) is 25.5. The molecule has 0 aliphatic rings. The van der Waals surface area contributed by atoms with Crippen LogP contribution in [0.15, 0.2) is 142 Å². The van der Waals surface area contributed by atoms with Crippen molar-refractivity contribution in [2.24, 2.45) is 0 Å². The van der Waals surface area contributed by atoms with E-state index in [1.807, 2.05) is 78.9 Å². The third-order valence-corrected chi connectivity index (χ3v) is 9.88. The summed E-state index contributed by atoms with van der Waals surface area (Å²) in [7, 11) is 0. The zero-order chi connectivity index (χ0) is 30.9. The average Bonchev–Trinajstić information content (AvgIpc) is 3.84. The fourth-order valence-electron chi connectivity index (χ4n) is 6.36. The Morgan fingerprint density at radius 1 is 0.404 bits per heavy atom. The second-order valence-electron chi connectivity index (χ2n) is 11.4. The van der Waals surface area contributed by atoms with Crippen molar-refractivity contribution < 1.29 is 8.83 Å². The lowest BCUT2D eigenvalue weighted by molar-refractivity contribution is 0.621. The van der Waals surface area contributed by atoms with Gasteiger partial charge in [-0.1, -0.05) is 91.0 Å². The molecule has 10 rings (SSSR count). The van der Waals surface area contributed by atoms with Gasteiger partial charge in [-0.05, 0) is 42.5 Å². The minimum absolute atomic E-state index is 0.585. The molecule has 0 fully saturated rings. The van der Waals surface area contributed by atoms with Gasteiger partial charge < -0.3 is 8.83 Å². The van der Waals surface area contributed by atoms with E-state index in [9.17, 15) is 0 Å². The van der Waals surface area contributed by atoms with Crippen molar-refractivity contribution in [1.29, 1.82) is 0 Å². The average molecular weight is 623 g/mol. The molecule has 47 heavy (non-hydrogen) atoms. The summed E-state index contributed by atoms with van der Waals surface area (Å²) in [6, 6.07) is 44.8. The highest BCUT2D eigenvalue weighted by atomic mass is 32.1. The van der Waals surface area contributed by atoms with E-state index in [1.165, 1.54) is 0 Å². The molecular formula is C40H22N4O2S. The molecule has 0 saturated carbocycles. The molecule has 0 N–H and O–H groups in total. The Labute approximate surface area is 271 Å². The van der Waals surface area contributed by atoms with Gasteiger partial charge in [-0.15, -0.1) is 11.3 Å². The summed E-state index contributed by atoms with van der Waals surface area (Å²) in [6.45, 7) is 0. The minimum atomic E-state index is 0.585. The monoisotopic (exact) mass is 622 g/mol. The van der Waals surface area contributed by atoms with Gasteiger partial charge in [-0.25, -0.2) is 19.9 Å².